The molecule has 0 fully saturated rings. The van der Waals surface area contributed by atoms with Crippen molar-refractivity contribution >= 4 is 11.9 Å². The highest BCUT2D eigenvalue weighted by molar-refractivity contribution is 6.06. The molecule has 0 unspecified atom stereocenters. The molecule has 0 aromatic heterocycles. The topological polar surface area (TPSA) is 26.3 Å². The van der Waals surface area contributed by atoms with Crippen LogP contribution in [0.4, 0.5) is 0 Å². The van der Waals surface area contributed by atoms with Gasteiger partial charge < -0.3 is 4.74 Å². The molecular weight excluding hydrogens is 284 g/mol. The van der Waals surface area contributed by atoms with E-state index >= 15 is 0 Å². The fourth-order valence-electron chi connectivity index (χ4n) is 2.14. The van der Waals surface area contributed by atoms with Gasteiger partial charge in [0, 0.05) is 5.56 Å². The maximum Gasteiger partial charge on any atom is 0.185 e. The third-order valence-corrected chi connectivity index (χ3v) is 3.34. The van der Waals surface area contributed by atoms with Crippen LogP contribution in [-0.4, -0.2) is 5.78 Å². The van der Waals surface area contributed by atoms with E-state index in [9.17, 15) is 4.79 Å². The van der Waals surface area contributed by atoms with Gasteiger partial charge in [-0.1, -0.05) is 66.7 Å². The predicted molar refractivity (Wildman–Crippen MR) is 92.8 cm³/mol. The maximum absolute atomic E-state index is 12.0. The molecule has 0 bridgehead atoms. The van der Waals surface area contributed by atoms with Gasteiger partial charge in [-0.3, -0.25) is 4.79 Å². The lowest BCUT2D eigenvalue weighted by Crippen LogP contribution is -1.92. The molecule has 112 valence electrons. The summed E-state index contributed by atoms with van der Waals surface area (Å²) >= 11 is 0. The summed E-state index contributed by atoms with van der Waals surface area (Å²) in [6.07, 6.45) is 3.39. The van der Waals surface area contributed by atoms with E-state index in [-0.39, 0.29) is 5.78 Å². The molecule has 0 heterocycles. The summed E-state index contributed by atoms with van der Waals surface area (Å²) in [5.74, 6) is 1.56. The highest BCUT2D eigenvalue weighted by Crippen LogP contribution is 2.21. The van der Waals surface area contributed by atoms with E-state index in [1.807, 2.05) is 91.0 Å². The second-order valence-corrected chi connectivity index (χ2v) is 5.05. The third-order valence-electron chi connectivity index (χ3n) is 3.34. The number of carbonyl (C=O) groups is 1. The molecule has 0 aliphatic carbocycles. The van der Waals surface area contributed by atoms with Crippen molar-refractivity contribution in [2.45, 2.75) is 0 Å². The second-order valence-electron chi connectivity index (χ2n) is 5.05. The summed E-state index contributed by atoms with van der Waals surface area (Å²) in [4.78, 5) is 12.0. The van der Waals surface area contributed by atoms with Crippen molar-refractivity contribution < 1.29 is 9.53 Å². The summed E-state index contributed by atoms with van der Waals surface area (Å²) in [7, 11) is 0. The standard InChI is InChI=1S/C21H16O2/c22-21(18-7-3-1-4-8-18)16-13-17-11-14-20(15-12-17)23-19-9-5-2-6-10-19/h1-16H. The minimum Gasteiger partial charge on any atom is -0.457 e. The van der Waals surface area contributed by atoms with Crippen LogP contribution in [0, 0.1) is 0 Å². The van der Waals surface area contributed by atoms with Gasteiger partial charge in [-0.25, -0.2) is 0 Å². The zero-order chi connectivity index (χ0) is 15.9. The molecule has 3 aromatic carbocycles. The molecule has 0 amide bonds. The summed E-state index contributed by atoms with van der Waals surface area (Å²) < 4.78 is 5.74. The Labute approximate surface area is 135 Å². The van der Waals surface area contributed by atoms with Crippen LogP contribution < -0.4 is 4.74 Å². The van der Waals surface area contributed by atoms with E-state index in [2.05, 4.69) is 0 Å². The van der Waals surface area contributed by atoms with Crippen molar-refractivity contribution in [3.8, 4) is 11.5 Å². The smallest absolute Gasteiger partial charge is 0.185 e. The first kappa shape index (κ1) is 14.8. The van der Waals surface area contributed by atoms with Gasteiger partial charge in [-0.05, 0) is 35.9 Å². The van der Waals surface area contributed by atoms with E-state index in [1.165, 1.54) is 0 Å². The molecule has 0 saturated heterocycles. The molecule has 3 rings (SSSR count). The van der Waals surface area contributed by atoms with Crippen molar-refractivity contribution in [1.82, 2.24) is 0 Å². The van der Waals surface area contributed by atoms with Crippen LogP contribution in [0.25, 0.3) is 6.08 Å². The molecule has 0 aliphatic heterocycles. The normalized spacial score (nSPS) is 10.6. The van der Waals surface area contributed by atoms with Crippen molar-refractivity contribution in [1.29, 1.82) is 0 Å². The Bertz CT molecular complexity index is 788. The number of carbonyl (C=O) groups excluding carboxylic acids is 1. The lowest BCUT2D eigenvalue weighted by atomic mass is 10.1. The van der Waals surface area contributed by atoms with Gasteiger partial charge in [0.05, 0.1) is 0 Å². The average Bonchev–Trinajstić information content (AvgIpc) is 2.62. The predicted octanol–water partition coefficient (Wildman–Crippen LogP) is 5.38. The minimum absolute atomic E-state index is 0.00443. The molecule has 23 heavy (non-hydrogen) atoms. The molecule has 2 nitrogen and oxygen atoms in total. The van der Waals surface area contributed by atoms with Crippen LogP contribution in [0.2, 0.25) is 0 Å². The molecule has 0 spiro atoms. The quantitative estimate of drug-likeness (QED) is 0.467. The molecule has 0 N–H and O–H groups in total. The number of ketones is 1. The van der Waals surface area contributed by atoms with E-state index in [0.29, 0.717) is 5.56 Å². The Balaban J connectivity index is 1.65. The first-order chi connectivity index (χ1) is 11.3. The molecular formula is C21H16O2. The van der Waals surface area contributed by atoms with E-state index < -0.39 is 0 Å². The highest BCUT2D eigenvalue weighted by atomic mass is 16.5. The van der Waals surface area contributed by atoms with Crippen molar-refractivity contribution in [3.05, 3.63) is 102 Å². The van der Waals surface area contributed by atoms with Gasteiger partial charge >= 0.3 is 0 Å². The number of hydrogen-bond acceptors (Lipinski definition) is 2. The lowest BCUT2D eigenvalue weighted by Gasteiger charge is -2.05. The van der Waals surface area contributed by atoms with Crippen LogP contribution in [0.1, 0.15) is 15.9 Å². The Hall–Kier alpha value is -3.13. The van der Waals surface area contributed by atoms with Crippen LogP contribution in [-0.2, 0) is 0 Å². The van der Waals surface area contributed by atoms with Crippen LogP contribution in [0.5, 0.6) is 11.5 Å². The van der Waals surface area contributed by atoms with E-state index in [1.54, 1.807) is 6.08 Å². The molecule has 0 aliphatic rings. The van der Waals surface area contributed by atoms with Gasteiger partial charge in [-0.15, -0.1) is 0 Å². The van der Waals surface area contributed by atoms with Gasteiger partial charge in [0.1, 0.15) is 11.5 Å². The fraction of sp³-hybridized carbons (Fsp3) is 0. The molecule has 0 radical (unpaired) electrons. The Morgan fingerprint density at radius 3 is 1.91 bits per heavy atom. The lowest BCUT2D eigenvalue weighted by molar-refractivity contribution is 0.104. The monoisotopic (exact) mass is 300 g/mol. The first-order valence-corrected chi connectivity index (χ1v) is 7.42. The van der Waals surface area contributed by atoms with Gasteiger partial charge in [-0.2, -0.15) is 0 Å². The SMILES string of the molecule is O=C(C=Cc1ccc(Oc2ccccc2)cc1)c1ccccc1. The highest BCUT2D eigenvalue weighted by Gasteiger charge is 2.00. The molecule has 3 aromatic rings. The van der Waals surface area contributed by atoms with Crippen molar-refractivity contribution in [2.75, 3.05) is 0 Å². The number of ether oxygens (including phenoxy) is 1. The second kappa shape index (κ2) is 7.23. The first-order valence-electron chi connectivity index (χ1n) is 7.42. The van der Waals surface area contributed by atoms with Gasteiger partial charge in [0.2, 0.25) is 0 Å². The Kier molecular flexibility index (Phi) is 4.65. The zero-order valence-corrected chi connectivity index (χ0v) is 12.6. The number of hydrogen-bond donors (Lipinski definition) is 0. The average molecular weight is 300 g/mol. The zero-order valence-electron chi connectivity index (χ0n) is 12.6. The summed E-state index contributed by atoms with van der Waals surface area (Å²) in [5, 5.41) is 0. The minimum atomic E-state index is -0.00443. The van der Waals surface area contributed by atoms with E-state index in [4.69, 9.17) is 4.74 Å². The maximum atomic E-state index is 12.0. The molecule has 0 atom stereocenters. The summed E-state index contributed by atoms with van der Waals surface area (Å²) in [5.41, 5.74) is 1.64. The molecule has 0 saturated carbocycles. The van der Waals surface area contributed by atoms with E-state index in [0.717, 1.165) is 17.1 Å². The Morgan fingerprint density at radius 2 is 1.26 bits per heavy atom. The van der Waals surface area contributed by atoms with Gasteiger partial charge in [0.15, 0.2) is 5.78 Å². The third kappa shape index (κ3) is 4.17. The largest absolute Gasteiger partial charge is 0.457 e. The van der Waals surface area contributed by atoms with Crippen LogP contribution in [0.15, 0.2) is 91.0 Å². The Morgan fingerprint density at radius 1 is 0.696 bits per heavy atom. The van der Waals surface area contributed by atoms with Crippen molar-refractivity contribution in [3.63, 3.8) is 0 Å². The van der Waals surface area contributed by atoms with Crippen LogP contribution >= 0.6 is 0 Å². The van der Waals surface area contributed by atoms with Gasteiger partial charge in [0.25, 0.3) is 0 Å². The number of benzene rings is 3. The van der Waals surface area contributed by atoms with Crippen molar-refractivity contribution in [2.24, 2.45) is 0 Å². The number of allylic oxidation sites excluding steroid dienone is 1. The number of rotatable bonds is 5. The van der Waals surface area contributed by atoms with Crippen LogP contribution in [0.3, 0.4) is 0 Å². The summed E-state index contributed by atoms with van der Waals surface area (Å²) in [6.45, 7) is 0. The number of para-hydroxylation sites is 1. The fourth-order valence-corrected chi connectivity index (χ4v) is 2.14. The summed E-state index contributed by atoms with van der Waals surface area (Å²) in [6, 6.07) is 26.5. The molecule has 2 heteroatoms.